The van der Waals surface area contributed by atoms with Crippen molar-refractivity contribution in [1.82, 2.24) is 14.7 Å². The normalized spacial score (nSPS) is 15.0. The number of sulfonamides is 1. The van der Waals surface area contributed by atoms with Crippen molar-refractivity contribution in [2.24, 2.45) is 0 Å². The molecule has 9 heteroatoms. The molecule has 1 aliphatic heterocycles. The number of nitrogens with one attached hydrogen (secondary N) is 2. The van der Waals surface area contributed by atoms with Crippen molar-refractivity contribution in [3.05, 3.63) is 41.6 Å². The molecule has 0 amide bonds. The Labute approximate surface area is 160 Å². The van der Waals surface area contributed by atoms with E-state index in [0.717, 1.165) is 30.2 Å². The molecule has 1 aromatic carbocycles. The Morgan fingerprint density at radius 3 is 2.63 bits per heavy atom. The monoisotopic (exact) mass is 391 g/mol. The Kier molecular flexibility index (Phi) is 6.25. The summed E-state index contributed by atoms with van der Waals surface area (Å²) in [6.45, 7) is 7.37. The summed E-state index contributed by atoms with van der Waals surface area (Å²) in [6, 6.07) is 8.77. The molecule has 3 rings (SSSR count). The van der Waals surface area contributed by atoms with E-state index < -0.39 is 10.0 Å². The van der Waals surface area contributed by atoms with Gasteiger partial charge >= 0.3 is 0 Å². The fourth-order valence-corrected chi connectivity index (χ4v) is 3.95. The third kappa shape index (κ3) is 5.38. The topological polar surface area (TPSA) is 96.5 Å². The van der Waals surface area contributed by atoms with E-state index in [9.17, 15) is 8.42 Å². The van der Waals surface area contributed by atoms with Gasteiger partial charge in [-0.15, -0.1) is 0 Å². The van der Waals surface area contributed by atoms with Gasteiger partial charge in [0, 0.05) is 37.9 Å². The minimum atomic E-state index is -3.52. The molecule has 0 spiro atoms. The number of benzene rings is 1. The van der Waals surface area contributed by atoms with Gasteiger partial charge in [-0.1, -0.05) is 12.1 Å². The van der Waals surface area contributed by atoms with Crippen molar-refractivity contribution in [2.45, 2.75) is 18.7 Å². The smallest absolute Gasteiger partial charge is 0.240 e. The Morgan fingerprint density at radius 2 is 1.89 bits per heavy atom. The highest BCUT2D eigenvalue weighted by molar-refractivity contribution is 7.89. The summed E-state index contributed by atoms with van der Waals surface area (Å²) in [5.41, 5.74) is 1.76. The minimum Gasteiger partial charge on any atom is -0.378 e. The summed E-state index contributed by atoms with van der Waals surface area (Å²) in [7, 11) is -3.52. The van der Waals surface area contributed by atoms with Crippen molar-refractivity contribution in [2.75, 3.05) is 49.6 Å². The van der Waals surface area contributed by atoms with Gasteiger partial charge in [0.1, 0.15) is 5.82 Å². The van der Waals surface area contributed by atoms with Crippen LogP contribution in [0.3, 0.4) is 0 Å². The van der Waals surface area contributed by atoms with Crippen LogP contribution in [0.4, 0.5) is 11.8 Å². The van der Waals surface area contributed by atoms with Gasteiger partial charge in [0.2, 0.25) is 16.0 Å². The lowest BCUT2D eigenvalue weighted by atomic mass is 10.2. The fourth-order valence-electron chi connectivity index (χ4n) is 2.81. The van der Waals surface area contributed by atoms with Crippen LogP contribution in [0.5, 0.6) is 0 Å². The van der Waals surface area contributed by atoms with Gasteiger partial charge < -0.3 is 15.0 Å². The maximum Gasteiger partial charge on any atom is 0.240 e. The van der Waals surface area contributed by atoms with Crippen molar-refractivity contribution in [3.63, 3.8) is 0 Å². The van der Waals surface area contributed by atoms with Gasteiger partial charge in [-0.05, 0) is 31.5 Å². The molecule has 0 saturated carbocycles. The quantitative estimate of drug-likeness (QED) is 0.687. The van der Waals surface area contributed by atoms with Crippen LogP contribution in [-0.2, 0) is 14.8 Å². The van der Waals surface area contributed by atoms with Crippen LogP contribution in [-0.4, -0.2) is 57.8 Å². The highest BCUT2D eigenvalue weighted by Crippen LogP contribution is 2.16. The number of anilines is 2. The molecule has 2 aromatic rings. The van der Waals surface area contributed by atoms with E-state index in [2.05, 4.69) is 24.9 Å². The van der Waals surface area contributed by atoms with Gasteiger partial charge in [-0.2, -0.15) is 4.98 Å². The third-order valence-corrected chi connectivity index (χ3v) is 5.63. The Bertz CT molecular complexity index is 882. The first-order valence-electron chi connectivity index (χ1n) is 8.93. The molecule has 1 saturated heterocycles. The van der Waals surface area contributed by atoms with E-state index in [1.54, 1.807) is 18.2 Å². The third-order valence-electron chi connectivity index (χ3n) is 4.18. The summed E-state index contributed by atoms with van der Waals surface area (Å²) in [5, 5.41) is 3.09. The molecule has 8 nitrogen and oxygen atoms in total. The zero-order valence-electron chi connectivity index (χ0n) is 15.6. The molecular weight excluding hydrogens is 366 g/mol. The average Bonchev–Trinajstić information content (AvgIpc) is 2.66. The number of rotatable bonds is 7. The van der Waals surface area contributed by atoms with E-state index in [-0.39, 0.29) is 11.4 Å². The van der Waals surface area contributed by atoms with Crippen LogP contribution in [0.25, 0.3) is 0 Å². The highest BCUT2D eigenvalue weighted by atomic mass is 32.2. The second-order valence-corrected chi connectivity index (χ2v) is 8.20. The number of aromatic nitrogens is 2. The van der Waals surface area contributed by atoms with Crippen LogP contribution in [0.15, 0.2) is 35.2 Å². The molecule has 2 heterocycles. The van der Waals surface area contributed by atoms with E-state index >= 15 is 0 Å². The molecular formula is C18H25N5O3S. The van der Waals surface area contributed by atoms with E-state index in [1.165, 1.54) is 0 Å². The SMILES string of the molecule is Cc1cccc(S(=O)(=O)NCCNc2nc(C)cc(N3CCOCC3)n2)c1. The predicted molar refractivity (Wildman–Crippen MR) is 105 cm³/mol. The van der Waals surface area contributed by atoms with Gasteiger partial charge in [-0.3, -0.25) is 0 Å². The molecule has 1 fully saturated rings. The Balaban J connectivity index is 1.56. The van der Waals surface area contributed by atoms with Crippen LogP contribution >= 0.6 is 0 Å². The summed E-state index contributed by atoms with van der Waals surface area (Å²) in [4.78, 5) is 11.3. The lowest BCUT2D eigenvalue weighted by molar-refractivity contribution is 0.122. The highest BCUT2D eigenvalue weighted by Gasteiger charge is 2.15. The van der Waals surface area contributed by atoms with Crippen LogP contribution in [0.2, 0.25) is 0 Å². The van der Waals surface area contributed by atoms with Crippen molar-refractivity contribution >= 4 is 21.8 Å². The number of ether oxygens (including phenoxy) is 1. The predicted octanol–water partition coefficient (Wildman–Crippen LogP) is 1.32. The number of hydrogen-bond donors (Lipinski definition) is 2. The average molecular weight is 391 g/mol. The molecule has 27 heavy (non-hydrogen) atoms. The molecule has 0 aliphatic carbocycles. The van der Waals surface area contributed by atoms with Crippen LogP contribution in [0, 0.1) is 13.8 Å². The molecule has 0 atom stereocenters. The summed E-state index contributed by atoms with van der Waals surface area (Å²) in [6.07, 6.45) is 0. The van der Waals surface area contributed by atoms with E-state index in [0.29, 0.717) is 25.7 Å². The Hall–Kier alpha value is -2.23. The maximum atomic E-state index is 12.3. The number of morpholine rings is 1. The standard InChI is InChI=1S/C18H25N5O3S/c1-14-4-3-5-16(12-14)27(24,25)20-7-6-19-18-21-15(2)13-17(22-18)23-8-10-26-11-9-23/h3-5,12-13,20H,6-11H2,1-2H3,(H,19,21,22). The number of nitrogens with zero attached hydrogens (tertiary/aromatic N) is 3. The molecule has 146 valence electrons. The van der Waals surface area contributed by atoms with Gasteiger partial charge in [-0.25, -0.2) is 18.1 Å². The second kappa shape index (κ2) is 8.64. The van der Waals surface area contributed by atoms with Crippen molar-refractivity contribution < 1.29 is 13.2 Å². The summed E-state index contributed by atoms with van der Waals surface area (Å²) >= 11 is 0. The molecule has 2 N–H and O–H groups in total. The first-order valence-corrected chi connectivity index (χ1v) is 10.4. The van der Waals surface area contributed by atoms with Crippen LogP contribution < -0.4 is 14.9 Å². The largest absolute Gasteiger partial charge is 0.378 e. The van der Waals surface area contributed by atoms with Gasteiger partial charge in [0.05, 0.1) is 18.1 Å². The Morgan fingerprint density at radius 1 is 1.11 bits per heavy atom. The second-order valence-electron chi connectivity index (χ2n) is 6.43. The van der Waals surface area contributed by atoms with E-state index in [4.69, 9.17) is 4.74 Å². The summed E-state index contributed by atoms with van der Waals surface area (Å²) < 4.78 is 32.6. The van der Waals surface area contributed by atoms with Crippen LogP contribution in [0.1, 0.15) is 11.3 Å². The van der Waals surface area contributed by atoms with E-state index in [1.807, 2.05) is 26.0 Å². The zero-order chi connectivity index (χ0) is 19.3. The van der Waals surface area contributed by atoms with Crippen molar-refractivity contribution in [1.29, 1.82) is 0 Å². The number of aryl methyl sites for hydroxylation is 2. The van der Waals surface area contributed by atoms with Gasteiger partial charge in [0.25, 0.3) is 0 Å². The lowest BCUT2D eigenvalue weighted by Crippen LogP contribution is -2.37. The molecule has 1 aliphatic rings. The first-order chi connectivity index (χ1) is 12.9. The summed E-state index contributed by atoms with van der Waals surface area (Å²) in [5.74, 6) is 1.35. The zero-order valence-corrected chi connectivity index (χ0v) is 16.4. The number of hydrogen-bond acceptors (Lipinski definition) is 7. The molecule has 0 unspecified atom stereocenters. The molecule has 1 aromatic heterocycles. The fraction of sp³-hybridized carbons (Fsp3) is 0.444. The maximum absolute atomic E-state index is 12.3. The molecule has 0 bridgehead atoms. The lowest BCUT2D eigenvalue weighted by Gasteiger charge is -2.28. The molecule has 0 radical (unpaired) electrons. The first kappa shape index (κ1) is 19.5. The van der Waals surface area contributed by atoms with Crippen molar-refractivity contribution in [3.8, 4) is 0 Å². The van der Waals surface area contributed by atoms with Gasteiger partial charge in [0.15, 0.2) is 0 Å². The minimum absolute atomic E-state index is 0.237.